The largest absolute Gasteiger partial charge is 0.496 e. The first-order chi connectivity index (χ1) is 22.8. The molecule has 4 heterocycles. The Balaban J connectivity index is 1.34. The number of hydrogen-bond acceptors (Lipinski definition) is 7. The first-order valence-electron chi connectivity index (χ1n) is 15.6. The summed E-state index contributed by atoms with van der Waals surface area (Å²) in [6, 6.07) is 9.56. The Labute approximate surface area is 283 Å². The van der Waals surface area contributed by atoms with Gasteiger partial charge in [0.25, 0.3) is 0 Å². The van der Waals surface area contributed by atoms with E-state index in [-0.39, 0.29) is 5.91 Å². The monoisotopic (exact) mass is 671 g/mol. The molecule has 7 rings (SSSR count). The van der Waals surface area contributed by atoms with E-state index in [9.17, 15) is 4.79 Å². The number of nitrogens with one attached hydrogen (secondary N) is 1. The number of anilines is 2. The van der Waals surface area contributed by atoms with E-state index in [0.29, 0.717) is 55.4 Å². The number of carbonyl (C=O) groups is 1. The standard InChI is InChI=1S/C36H35Cl2N5O4/c1-5-32(44)41-26-15-23(29(45-2)17-28(26)42-11-8-21(9-12-42)20-6-7-20)25-16-27-22(19-40-25)14-24(36-39-10-13-43(27)36)33-34(37)30(46-3)18-31(47-4)35(33)38/h5,10,13-21H,1,6-9,11-12H2,2-4H3,(H,41,44). The van der Waals surface area contributed by atoms with E-state index < -0.39 is 0 Å². The van der Waals surface area contributed by atoms with Crippen molar-refractivity contribution in [3.8, 4) is 39.6 Å². The van der Waals surface area contributed by atoms with Gasteiger partial charge in [0.05, 0.1) is 54.0 Å². The SMILES string of the molecule is C=CC(=O)Nc1cc(-c2cc3c(cn2)cc(-c2c(Cl)c(OC)cc(OC)c2Cl)c2nccn23)c(OC)cc1N1CCC(C2CC2)CC1. The molecular weight excluding hydrogens is 637 g/mol. The Kier molecular flexibility index (Phi) is 8.36. The zero-order chi connectivity index (χ0) is 32.8. The van der Waals surface area contributed by atoms with Crippen LogP contribution in [0.25, 0.3) is 38.9 Å². The van der Waals surface area contributed by atoms with Gasteiger partial charge in [-0.3, -0.25) is 14.2 Å². The molecule has 47 heavy (non-hydrogen) atoms. The smallest absolute Gasteiger partial charge is 0.247 e. The fourth-order valence-electron chi connectivity index (χ4n) is 6.81. The summed E-state index contributed by atoms with van der Waals surface area (Å²) >= 11 is 13.6. The van der Waals surface area contributed by atoms with Crippen molar-refractivity contribution in [2.24, 2.45) is 11.8 Å². The minimum Gasteiger partial charge on any atom is -0.496 e. The topological polar surface area (TPSA) is 90.2 Å². The van der Waals surface area contributed by atoms with Crippen LogP contribution in [0.5, 0.6) is 17.2 Å². The van der Waals surface area contributed by atoms with Gasteiger partial charge in [-0.1, -0.05) is 29.8 Å². The number of methoxy groups -OCH3 is 3. The van der Waals surface area contributed by atoms with Crippen LogP contribution >= 0.6 is 23.2 Å². The zero-order valence-corrected chi connectivity index (χ0v) is 28.0. The van der Waals surface area contributed by atoms with Gasteiger partial charge in [-0.2, -0.15) is 0 Å². The van der Waals surface area contributed by atoms with Crippen LogP contribution in [-0.2, 0) is 4.79 Å². The number of carbonyl (C=O) groups excluding carboxylic acids is 1. The first kappa shape index (κ1) is 31.1. The van der Waals surface area contributed by atoms with Crippen molar-refractivity contribution < 1.29 is 19.0 Å². The van der Waals surface area contributed by atoms with E-state index >= 15 is 0 Å². The van der Waals surface area contributed by atoms with Crippen LogP contribution in [0.3, 0.4) is 0 Å². The van der Waals surface area contributed by atoms with Gasteiger partial charge in [-0.25, -0.2) is 4.98 Å². The lowest BCUT2D eigenvalue weighted by atomic mass is 9.91. The van der Waals surface area contributed by atoms with Gasteiger partial charge in [0.15, 0.2) is 0 Å². The number of hydrogen-bond donors (Lipinski definition) is 1. The number of imidazole rings is 1. The van der Waals surface area contributed by atoms with Crippen LogP contribution in [0.1, 0.15) is 25.7 Å². The second kappa shape index (κ2) is 12.6. The summed E-state index contributed by atoms with van der Waals surface area (Å²) < 4.78 is 19.0. The first-order valence-corrected chi connectivity index (χ1v) is 16.4. The number of benzene rings is 2. The zero-order valence-electron chi connectivity index (χ0n) is 26.5. The number of piperidine rings is 1. The molecule has 11 heteroatoms. The van der Waals surface area contributed by atoms with Crippen LogP contribution in [0.4, 0.5) is 11.4 Å². The second-order valence-electron chi connectivity index (χ2n) is 12.0. The van der Waals surface area contributed by atoms with E-state index in [2.05, 4.69) is 21.8 Å². The predicted octanol–water partition coefficient (Wildman–Crippen LogP) is 8.30. The quantitative estimate of drug-likeness (QED) is 0.158. The van der Waals surface area contributed by atoms with Crippen molar-refractivity contribution in [1.29, 1.82) is 0 Å². The molecule has 1 aliphatic carbocycles. The van der Waals surface area contributed by atoms with Crippen molar-refractivity contribution in [2.45, 2.75) is 25.7 Å². The molecule has 1 amide bonds. The third kappa shape index (κ3) is 5.61. The van der Waals surface area contributed by atoms with E-state index in [1.54, 1.807) is 39.8 Å². The fourth-order valence-corrected chi connectivity index (χ4v) is 7.51. The van der Waals surface area contributed by atoms with Crippen LogP contribution in [0, 0.1) is 11.8 Å². The van der Waals surface area contributed by atoms with Crippen LogP contribution in [0.15, 0.2) is 61.6 Å². The van der Waals surface area contributed by atoms with E-state index in [1.807, 2.05) is 34.9 Å². The van der Waals surface area contributed by atoms with Crippen molar-refractivity contribution in [3.63, 3.8) is 0 Å². The number of fused-ring (bicyclic) bond motifs is 3. The number of aromatic nitrogens is 3. The van der Waals surface area contributed by atoms with Crippen molar-refractivity contribution >= 4 is 57.0 Å². The Morgan fingerprint density at radius 1 is 0.894 bits per heavy atom. The highest BCUT2D eigenvalue weighted by molar-refractivity contribution is 6.41. The van der Waals surface area contributed by atoms with Gasteiger partial charge in [-0.05, 0) is 61.8 Å². The summed E-state index contributed by atoms with van der Waals surface area (Å²) in [5.74, 6) is 2.93. The minimum atomic E-state index is -0.277. The molecule has 1 N–H and O–H groups in total. The van der Waals surface area contributed by atoms with Crippen molar-refractivity contribution in [3.05, 3.63) is 71.6 Å². The predicted molar refractivity (Wildman–Crippen MR) is 188 cm³/mol. The average Bonchev–Trinajstić information content (AvgIpc) is 3.83. The minimum absolute atomic E-state index is 0.277. The molecule has 242 valence electrons. The van der Waals surface area contributed by atoms with Gasteiger partial charge in [-0.15, -0.1) is 0 Å². The number of rotatable bonds is 9. The lowest BCUT2D eigenvalue weighted by Gasteiger charge is -2.35. The molecule has 1 saturated carbocycles. The second-order valence-corrected chi connectivity index (χ2v) is 12.8. The van der Waals surface area contributed by atoms with Gasteiger partial charge in [0, 0.05) is 65.9 Å². The number of halogens is 2. The van der Waals surface area contributed by atoms with Crippen molar-refractivity contribution in [2.75, 3.05) is 44.6 Å². The summed E-state index contributed by atoms with van der Waals surface area (Å²) in [7, 11) is 4.74. The summed E-state index contributed by atoms with van der Waals surface area (Å²) in [6.07, 6.45) is 11.7. The van der Waals surface area contributed by atoms with Gasteiger partial charge in [0.1, 0.15) is 22.9 Å². The third-order valence-electron chi connectivity index (χ3n) is 9.40. The Hall–Kier alpha value is -4.47. The highest BCUT2D eigenvalue weighted by Crippen LogP contribution is 2.48. The Morgan fingerprint density at radius 2 is 1.57 bits per heavy atom. The number of pyridine rings is 2. The molecule has 2 aliphatic rings. The molecule has 1 saturated heterocycles. The van der Waals surface area contributed by atoms with Gasteiger partial charge < -0.3 is 24.4 Å². The third-order valence-corrected chi connectivity index (χ3v) is 10.2. The van der Waals surface area contributed by atoms with Crippen LogP contribution < -0.4 is 24.4 Å². The Morgan fingerprint density at radius 3 is 2.21 bits per heavy atom. The number of nitrogens with zero attached hydrogens (tertiary/aromatic N) is 4. The fraction of sp³-hybridized carbons (Fsp3) is 0.306. The maximum Gasteiger partial charge on any atom is 0.247 e. The van der Waals surface area contributed by atoms with Gasteiger partial charge in [0.2, 0.25) is 5.91 Å². The molecule has 0 radical (unpaired) electrons. The summed E-state index contributed by atoms with van der Waals surface area (Å²) in [4.78, 5) is 24.5. The molecular formula is C36H35Cl2N5O4. The molecule has 0 atom stereocenters. The molecule has 5 aromatic rings. The molecule has 9 nitrogen and oxygen atoms in total. The molecule has 0 unspecified atom stereocenters. The summed E-state index contributed by atoms with van der Waals surface area (Å²) in [5, 5.41) is 4.57. The highest BCUT2D eigenvalue weighted by Gasteiger charge is 2.34. The summed E-state index contributed by atoms with van der Waals surface area (Å²) in [6.45, 7) is 5.53. The average molecular weight is 673 g/mol. The lowest BCUT2D eigenvalue weighted by molar-refractivity contribution is -0.111. The van der Waals surface area contributed by atoms with Crippen LogP contribution in [0.2, 0.25) is 10.0 Å². The summed E-state index contributed by atoms with van der Waals surface area (Å²) in [5.41, 5.74) is 5.79. The molecule has 0 bridgehead atoms. The van der Waals surface area contributed by atoms with Crippen molar-refractivity contribution in [1.82, 2.24) is 14.4 Å². The lowest BCUT2D eigenvalue weighted by Crippen LogP contribution is -2.35. The molecule has 3 aromatic heterocycles. The molecule has 1 aliphatic heterocycles. The van der Waals surface area contributed by atoms with E-state index in [1.165, 1.54) is 18.9 Å². The van der Waals surface area contributed by atoms with Crippen LogP contribution in [-0.4, -0.2) is 54.7 Å². The highest BCUT2D eigenvalue weighted by atomic mass is 35.5. The maximum atomic E-state index is 12.6. The normalized spacial score (nSPS) is 15.2. The van der Waals surface area contributed by atoms with E-state index in [4.69, 9.17) is 42.4 Å². The molecule has 2 fully saturated rings. The maximum absolute atomic E-state index is 12.6. The Bertz CT molecular complexity index is 2000. The molecule has 2 aromatic carbocycles. The van der Waals surface area contributed by atoms with Gasteiger partial charge >= 0.3 is 0 Å². The number of ether oxygens (including phenoxy) is 3. The number of amides is 1. The van der Waals surface area contributed by atoms with E-state index in [0.717, 1.165) is 59.9 Å². The molecule has 0 spiro atoms.